The number of aromatic carboxylic acids is 1. The number of rotatable bonds is 4. The van der Waals surface area contributed by atoms with Crippen LogP contribution in [-0.4, -0.2) is 29.5 Å². The lowest BCUT2D eigenvalue weighted by molar-refractivity contribution is 0.0696. The lowest BCUT2D eigenvalue weighted by Crippen LogP contribution is -2.04. The Balaban J connectivity index is 2.11. The van der Waals surface area contributed by atoms with Gasteiger partial charge in [-0.1, -0.05) is 66.7 Å². The van der Waals surface area contributed by atoms with Crippen molar-refractivity contribution in [2.24, 2.45) is 0 Å². The predicted octanol–water partition coefficient (Wildman–Crippen LogP) is 6.70. The van der Waals surface area contributed by atoms with Gasteiger partial charge >= 0.3 is 5.97 Å². The lowest BCUT2D eigenvalue weighted by atomic mass is 9.97. The molecule has 0 atom stereocenters. The van der Waals surface area contributed by atoms with E-state index in [9.17, 15) is 19.6 Å². The highest BCUT2D eigenvalue weighted by atomic mass is 31.2. The Morgan fingerprint density at radius 1 is 0.700 bits per heavy atom. The smallest absolute Gasteiger partial charge is 0.336 e. The maximum atomic E-state index is 13.4. The molecule has 30 heavy (non-hydrogen) atoms. The topological polar surface area (TPSA) is 74.6 Å². The van der Waals surface area contributed by atoms with Crippen LogP contribution in [0.3, 0.4) is 0 Å². The SMILES string of the molecule is CP(C)(=O)/C(=C(/O)c1cc2ccccc2cc1C(=O)O)c1cccc2ccccc12. The summed E-state index contributed by atoms with van der Waals surface area (Å²) in [5, 5.41) is 24.8. The Morgan fingerprint density at radius 2 is 1.23 bits per heavy atom. The molecule has 2 N–H and O–H groups in total. The maximum Gasteiger partial charge on any atom is 0.336 e. The van der Waals surface area contributed by atoms with E-state index in [0.29, 0.717) is 5.56 Å². The van der Waals surface area contributed by atoms with Crippen molar-refractivity contribution in [1.29, 1.82) is 0 Å². The summed E-state index contributed by atoms with van der Waals surface area (Å²) < 4.78 is 13.4. The molecular formula is C25H21O4P. The van der Waals surface area contributed by atoms with E-state index in [-0.39, 0.29) is 22.2 Å². The second-order valence-electron chi connectivity index (χ2n) is 7.62. The minimum Gasteiger partial charge on any atom is -0.506 e. The van der Waals surface area contributed by atoms with Crippen molar-refractivity contribution in [2.75, 3.05) is 13.3 Å². The molecule has 0 radical (unpaired) electrons. The van der Waals surface area contributed by atoms with E-state index in [2.05, 4.69) is 0 Å². The summed E-state index contributed by atoms with van der Waals surface area (Å²) in [5.41, 5.74) is 0.772. The van der Waals surface area contributed by atoms with Gasteiger partial charge in [0.1, 0.15) is 12.9 Å². The van der Waals surface area contributed by atoms with Crippen LogP contribution in [0, 0.1) is 0 Å². The molecule has 4 rings (SSSR count). The quantitative estimate of drug-likeness (QED) is 0.221. The molecule has 0 saturated heterocycles. The van der Waals surface area contributed by atoms with Crippen LogP contribution in [0.15, 0.2) is 78.9 Å². The first-order valence-electron chi connectivity index (χ1n) is 9.51. The summed E-state index contributed by atoms with van der Waals surface area (Å²) in [4.78, 5) is 12.0. The van der Waals surface area contributed by atoms with Crippen LogP contribution in [0.4, 0.5) is 0 Å². The molecule has 0 spiro atoms. The lowest BCUT2D eigenvalue weighted by Gasteiger charge is -2.19. The Kier molecular flexibility index (Phi) is 4.97. The first-order valence-corrected chi connectivity index (χ1v) is 12.1. The molecule has 150 valence electrons. The van der Waals surface area contributed by atoms with Crippen LogP contribution in [0.5, 0.6) is 0 Å². The highest BCUT2D eigenvalue weighted by molar-refractivity contribution is 7.73. The molecule has 0 aliphatic rings. The number of carboxylic acid groups (broad SMARTS) is 1. The van der Waals surface area contributed by atoms with Crippen LogP contribution in [0.2, 0.25) is 0 Å². The normalized spacial score (nSPS) is 12.7. The molecule has 4 nitrogen and oxygen atoms in total. The molecule has 0 fully saturated rings. The van der Waals surface area contributed by atoms with E-state index in [1.54, 1.807) is 25.5 Å². The van der Waals surface area contributed by atoms with E-state index in [1.165, 1.54) is 0 Å². The number of hydrogen-bond donors (Lipinski definition) is 2. The minimum absolute atomic E-state index is 0.0302. The van der Waals surface area contributed by atoms with Gasteiger partial charge in [0.05, 0.1) is 10.9 Å². The van der Waals surface area contributed by atoms with Crippen molar-refractivity contribution < 1.29 is 19.6 Å². The first kappa shape index (κ1) is 19.9. The number of carboxylic acids is 1. The van der Waals surface area contributed by atoms with Gasteiger partial charge in [-0.05, 0) is 52.6 Å². The molecule has 0 aliphatic carbocycles. The number of aliphatic hydroxyl groups is 1. The van der Waals surface area contributed by atoms with Crippen LogP contribution in [0.25, 0.3) is 32.6 Å². The molecule has 4 aromatic rings. The van der Waals surface area contributed by atoms with Crippen LogP contribution in [0.1, 0.15) is 21.5 Å². The molecular weight excluding hydrogens is 395 g/mol. The Bertz CT molecular complexity index is 1370. The fraction of sp³-hybridized carbons (Fsp3) is 0.0800. The summed E-state index contributed by atoms with van der Waals surface area (Å²) in [6.07, 6.45) is 0. The van der Waals surface area contributed by atoms with Crippen LogP contribution < -0.4 is 0 Å². The van der Waals surface area contributed by atoms with Gasteiger partial charge in [-0.25, -0.2) is 4.79 Å². The summed E-state index contributed by atoms with van der Waals surface area (Å²) in [7, 11) is -3.00. The van der Waals surface area contributed by atoms with Crippen molar-refractivity contribution in [3.63, 3.8) is 0 Å². The van der Waals surface area contributed by atoms with Crippen molar-refractivity contribution in [2.45, 2.75) is 0 Å². The van der Waals surface area contributed by atoms with E-state index < -0.39 is 13.1 Å². The first-order chi connectivity index (χ1) is 14.3. The standard InChI is InChI=1S/C25H21O4P/c1-30(2,29)24(20-13-7-11-16-8-5-6-12-19(16)20)23(26)21-14-17-9-3-4-10-18(17)15-22(21)25(27)28/h3-15,26H,1-2H3,(H,27,28)/b24-23+. The highest BCUT2D eigenvalue weighted by Crippen LogP contribution is 2.56. The number of fused-ring (bicyclic) bond motifs is 2. The summed E-state index contributed by atoms with van der Waals surface area (Å²) in [6.45, 7) is 3.17. The number of benzene rings is 4. The molecule has 0 aromatic heterocycles. The van der Waals surface area contributed by atoms with Gasteiger partial charge < -0.3 is 14.8 Å². The fourth-order valence-electron chi connectivity index (χ4n) is 3.85. The summed E-state index contributed by atoms with van der Waals surface area (Å²) in [5.74, 6) is -1.41. The highest BCUT2D eigenvalue weighted by Gasteiger charge is 2.27. The van der Waals surface area contributed by atoms with Crippen LogP contribution in [-0.2, 0) is 4.57 Å². The largest absolute Gasteiger partial charge is 0.506 e. The third-order valence-corrected chi connectivity index (χ3v) is 6.71. The third kappa shape index (κ3) is 3.51. The molecule has 0 unspecified atom stereocenters. The molecule has 0 saturated carbocycles. The number of hydrogen-bond acceptors (Lipinski definition) is 3. The zero-order valence-corrected chi connectivity index (χ0v) is 17.6. The van der Waals surface area contributed by atoms with Crippen molar-refractivity contribution in [3.05, 3.63) is 95.6 Å². The van der Waals surface area contributed by atoms with Crippen molar-refractivity contribution in [1.82, 2.24) is 0 Å². The van der Waals surface area contributed by atoms with E-state index in [1.807, 2.05) is 66.7 Å². The van der Waals surface area contributed by atoms with Gasteiger partial charge in [-0.3, -0.25) is 0 Å². The monoisotopic (exact) mass is 416 g/mol. The second-order valence-corrected chi connectivity index (χ2v) is 10.8. The Morgan fingerprint density at radius 3 is 1.83 bits per heavy atom. The zero-order valence-electron chi connectivity index (χ0n) is 16.7. The second kappa shape index (κ2) is 7.47. The van der Waals surface area contributed by atoms with Crippen molar-refractivity contribution in [3.8, 4) is 0 Å². The van der Waals surface area contributed by atoms with Gasteiger partial charge in [-0.15, -0.1) is 0 Å². The molecule has 5 heteroatoms. The predicted molar refractivity (Wildman–Crippen MR) is 124 cm³/mol. The Hall–Kier alpha value is -3.36. The van der Waals surface area contributed by atoms with Gasteiger partial charge in [-0.2, -0.15) is 0 Å². The van der Waals surface area contributed by atoms with Gasteiger partial charge in [0, 0.05) is 5.56 Å². The third-order valence-electron chi connectivity index (χ3n) is 5.18. The molecule has 0 heterocycles. The van der Waals surface area contributed by atoms with Crippen molar-refractivity contribution >= 4 is 45.7 Å². The fourth-order valence-corrected chi connectivity index (χ4v) is 5.25. The summed E-state index contributed by atoms with van der Waals surface area (Å²) in [6, 6.07) is 23.8. The average Bonchev–Trinajstić information content (AvgIpc) is 2.72. The minimum atomic E-state index is -3.00. The van der Waals surface area contributed by atoms with E-state index in [0.717, 1.165) is 21.5 Å². The van der Waals surface area contributed by atoms with E-state index >= 15 is 0 Å². The van der Waals surface area contributed by atoms with Gasteiger partial charge in [0.15, 0.2) is 0 Å². The molecule has 0 bridgehead atoms. The number of carbonyl (C=O) groups is 1. The molecule has 0 amide bonds. The summed E-state index contributed by atoms with van der Waals surface area (Å²) >= 11 is 0. The number of aliphatic hydroxyl groups excluding tert-OH is 1. The van der Waals surface area contributed by atoms with Gasteiger partial charge in [0.2, 0.25) is 0 Å². The molecule has 4 aromatic carbocycles. The van der Waals surface area contributed by atoms with Gasteiger partial charge in [0.25, 0.3) is 0 Å². The zero-order chi connectivity index (χ0) is 21.5. The van der Waals surface area contributed by atoms with E-state index in [4.69, 9.17) is 0 Å². The average molecular weight is 416 g/mol. The Labute approximate surface area is 174 Å². The van der Waals surface area contributed by atoms with Crippen LogP contribution >= 0.6 is 7.14 Å². The maximum absolute atomic E-state index is 13.4. The molecule has 0 aliphatic heterocycles.